The third-order valence-corrected chi connectivity index (χ3v) is 8.86. The number of hydrogen-bond donors (Lipinski definition) is 6. The van der Waals surface area contributed by atoms with Crippen LogP contribution < -0.4 is 26.6 Å². The first kappa shape index (κ1) is 41.5. The Hall–Kier alpha value is -5.23. The smallest absolute Gasteiger partial charge is 0.408 e. The van der Waals surface area contributed by atoms with Gasteiger partial charge in [0.25, 0.3) is 5.91 Å². The van der Waals surface area contributed by atoms with Gasteiger partial charge in [-0.15, -0.1) is 0 Å². The number of fused-ring (bicyclic) bond motifs is 1. The van der Waals surface area contributed by atoms with Crippen molar-refractivity contribution in [1.29, 1.82) is 0 Å². The fourth-order valence-electron chi connectivity index (χ4n) is 5.77. The molecule has 0 saturated heterocycles. The minimum absolute atomic E-state index is 0.000404. The van der Waals surface area contributed by atoms with Crippen molar-refractivity contribution in [3.63, 3.8) is 0 Å². The van der Waals surface area contributed by atoms with E-state index in [9.17, 15) is 19.2 Å². The third-order valence-electron chi connectivity index (χ3n) is 8.65. The van der Waals surface area contributed by atoms with Gasteiger partial charge in [-0.1, -0.05) is 70.4 Å². The second kappa shape index (κ2) is 19.2. The molecule has 4 aromatic rings. The number of alkyl carbamates (subject to hydrolysis) is 1. The first-order chi connectivity index (χ1) is 25.6. The summed E-state index contributed by atoms with van der Waals surface area (Å²) < 4.78 is 5.42. The number of nitrogens with one attached hydrogen (secondary N) is 6. The molecule has 4 amide bonds. The van der Waals surface area contributed by atoms with Crippen molar-refractivity contribution < 1.29 is 23.9 Å². The quantitative estimate of drug-likeness (QED) is 0.0530. The number of carbonyl (C=O) groups excluding carboxylic acids is 4. The van der Waals surface area contributed by atoms with Crippen LogP contribution in [-0.4, -0.2) is 52.1 Å². The van der Waals surface area contributed by atoms with Crippen molar-refractivity contribution in [2.24, 2.45) is 0 Å². The summed E-state index contributed by atoms with van der Waals surface area (Å²) in [7, 11) is 0. The lowest BCUT2D eigenvalue weighted by Gasteiger charge is -2.23. The van der Waals surface area contributed by atoms with E-state index in [0.29, 0.717) is 36.3 Å². The van der Waals surface area contributed by atoms with E-state index in [1.165, 1.54) is 0 Å². The van der Waals surface area contributed by atoms with Crippen molar-refractivity contribution in [3.8, 4) is 0 Å². The predicted octanol–water partition coefficient (Wildman–Crippen LogP) is 8.12. The summed E-state index contributed by atoms with van der Waals surface area (Å²) >= 11 is 5.32. The highest BCUT2D eigenvalue weighted by Crippen LogP contribution is 2.23. The zero-order valence-electron chi connectivity index (χ0n) is 32.2. The number of unbranched alkanes of at least 4 members (excludes halogenated alkanes) is 4. The molecule has 0 aliphatic rings. The molecule has 0 aliphatic heterocycles. The van der Waals surface area contributed by atoms with Gasteiger partial charge in [0, 0.05) is 53.4 Å². The molecule has 0 radical (unpaired) electrons. The second-order valence-corrected chi connectivity index (χ2v) is 15.8. The summed E-state index contributed by atoms with van der Waals surface area (Å²) in [5.74, 6) is -0.625. The van der Waals surface area contributed by atoms with Gasteiger partial charge < -0.3 is 31.0 Å². The first-order valence-electron chi connectivity index (χ1n) is 18.5. The number of amides is 4. The Labute approximate surface area is 323 Å². The normalized spacial score (nSPS) is 12.0. The van der Waals surface area contributed by atoms with Gasteiger partial charge in [0.1, 0.15) is 11.6 Å². The summed E-state index contributed by atoms with van der Waals surface area (Å²) in [6.45, 7) is 12.2. The summed E-state index contributed by atoms with van der Waals surface area (Å²) in [5.41, 5.74) is 4.22. The Morgan fingerprint density at radius 3 is 2.07 bits per heavy atom. The zero-order chi connectivity index (χ0) is 39.3. The molecule has 0 fully saturated rings. The maximum absolute atomic E-state index is 13.2. The van der Waals surface area contributed by atoms with Gasteiger partial charge in [-0.3, -0.25) is 19.7 Å². The van der Waals surface area contributed by atoms with Crippen molar-refractivity contribution in [3.05, 3.63) is 95.7 Å². The number of benzene rings is 3. The molecule has 288 valence electrons. The minimum Gasteiger partial charge on any atom is -0.444 e. The molecule has 1 heterocycles. The van der Waals surface area contributed by atoms with Crippen LogP contribution in [0, 0.1) is 0 Å². The molecule has 54 heavy (non-hydrogen) atoms. The SMILES string of the molecule is CC(C)(C)OC(=O)N[C@@H](Cc1c[nH]c2ccccc12)C(=O)NCCCCCCCC(=O)Nc1ccc(NC(=S)NC(=O)c2ccc(C(C)(C)C)cc2)cc1. The summed E-state index contributed by atoms with van der Waals surface area (Å²) in [4.78, 5) is 54.1. The zero-order valence-corrected chi connectivity index (χ0v) is 33.0. The fraction of sp³-hybridized carbons (Fsp3) is 0.405. The summed E-state index contributed by atoms with van der Waals surface area (Å²) in [6, 6.07) is 21.6. The lowest BCUT2D eigenvalue weighted by atomic mass is 9.87. The number of anilines is 2. The second-order valence-electron chi connectivity index (χ2n) is 15.4. The molecule has 12 heteroatoms. The van der Waals surface area contributed by atoms with Crippen LogP contribution in [0.2, 0.25) is 0 Å². The monoisotopic (exact) mass is 754 g/mol. The number of carbonyl (C=O) groups is 4. The van der Waals surface area contributed by atoms with E-state index in [2.05, 4.69) is 52.3 Å². The molecule has 4 rings (SSSR count). The highest BCUT2D eigenvalue weighted by Gasteiger charge is 2.25. The number of aromatic amines is 1. The molecule has 0 saturated carbocycles. The lowest BCUT2D eigenvalue weighted by molar-refractivity contribution is -0.123. The molecule has 0 unspecified atom stereocenters. The van der Waals surface area contributed by atoms with Crippen LogP contribution in [0.1, 0.15) is 102 Å². The molecule has 11 nitrogen and oxygen atoms in total. The molecule has 1 aromatic heterocycles. The van der Waals surface area contributed by atoms with E-state index in [1.807, 2.05) is 42.6 Å². The van der Waals surface area contributed by atoms with Gasteiger partial charge in [-0.25, -0.2) is 4.79 Å². The number of H-pyrrole nitrogens is 1. The standard InChI is InChI=1S/C42H54N6O5S/c1-41(2,3)30-19-17-28(18-20-30)37(50)48-39(54)46-32-23-21-31(22-24-32)45-36(49)16-10-8-7-9-13-25-43-38(51)35(47-40(52)53-42(4,5)6)26-29-27-44-34-15-12-11-14-33(29)34/h11-12,14-15,17-24,27,35,44H,7-10,13,16,25-26H2,1-6H3,(H,43,51)(H,45,49)(H,47,52)(H2,46,48,50,54)/t35-/m0/s1. The third kappa shape index (κ3) is 13.6. The lowest BCUT2D eigenvalue weighted by Crippen LogP contribution is -2.49. The fourth-order valence-corrected chi connectivity index (χ4v) is 5.99. The largest absolute Gasteiger partial charge is 0.444 e. The van der Waals surface area contributed by atoms with Crippen LogP contribution in [0.4, 0.5) is 16.2 Å². The number of aromatic nitrogens is 1. The molecule has 3 aromatic carbocycles. The van der Waals surface area contributed by atoms with Crippen molar-refractivity contribution in [2.45, 2.75) is 104 Å². The van der Waals surface area contributed by atoms with Crippen LogP contribution in [0.5, 0.6) is 0 Å². The van der Waals surface area contributed by atoms with Crippen LogP contribution in [0.3, 0.4) is 0 Å². The summed E-state index contributed by atoms with van der Waals surface area (Å²) in [5, 5.41) is 15.5. The topological polar surface area (TPSA) is 153 Å². The average Bonchev–Trinajstić information content (AvgIpc) is 3.51. The summed E-state index contributed by atoms with van der Waals surface area (Å²) in [6.07, 6.45) is 6.19. The van der Waals surface area contributed by atoms with Gasteiger partial charge in [0.05, 0.1) is 0 Å². The van der Waals surface area contributed by atoms with E-state index in [4.69, 9.17) is 17.0 Å². The van der Waals surface area contributed by atoms with Crippen LogP contribution in [0.15, 0.2) is 79.0 Å². The molecular weight excluding hydrogens is 701 g/mol. The maximum atomic E-state index is 13.2. The Bertz CT molecular complexity index is 1890. The van der Waals surface area contributed by atoms with Gasteiger partial charge in [0.2, 0.25) is 11.8 Å². The minimum atomic E-state index is -0.794. The van der Waals surface area contributed by atoms with E-state index in [0.717, 1.165) is 54.1 Å². The highest BCUT2D eigenvalue weighted by molar-refractivity contribution is 7.80. The number of para-hydroxylation sites is 1. The Morgan fingerprint density at radius 2 is 1.41 bits per heavy atom. The van der Waals surface area contributed by atoms with E-state index in [-0.39, 0.29) is 28.2 Å². The highest BCUT2D eigenvalue weighted by atomic mass is 32.1. The number of rotatable bonds is 15. The van der Waals surface area contributed by atoms with Crippen molar-refractivity contribution in [2.75, 3.05) is 17.2 Å². The Kier molecular flexibility index (Phi) is 14.8. The van der Waals surface area contributed by atoms with Gasteiger partial charge in [0.15, 0.2) is 5.11 Å². The molecule has 6 N–H and O–H groups in total. The van der Waals surface area contributed by atoms with Crippen molar-refractivity contribution in [1.82, 2.24) is 20.9 Å². The number of ether oxygens (including phenoxy) is 1. The van der Waals surface area contributed by atoms with Crippen LogP contribution in [0.25, 0.3) is 10.9 Å². The van der Waals surface area contributed by atoms with Crippen molar-refractivity contribution >= 4 is 63.4 Å². The molecule has 0 aliphatic carbocycles. The van der Waals surface area contributed by atoms with Gasteiger partial charge in [-0.2, -0.15) is 0 Å². The predicted molar refractivity (Wildman–Crippen MR) is 220 cm³/mol. The van der Waals surface area contributed by atoms with Gasteiger partial charge in [-0.05, 0) is 105 Å². The number of thiocarbonyl (C=S) groups is 1. The Balaban J connectivity index is 1.11. The average molecular weight is 755 g/mol. The van der Waals surface area contributed by atoms with Gasteiger partial charge >= 0.3 is 6.09 Å². The van der Waals surface area contributed by atoms with E-state index >= 15 is 0 Å². The maximum Gasteiger partial charge on any atom is 0.408 e. The molecular formula is C42H54N6O5S. The number of hydrogen-bond acceptors (Lipinski definition) is 6. The van der Waals surface area contributed by atoms with Crippen LogP contribution in [-0.2, 0) is 26.2 Å². The molecule has 0 spiro atoms. The Morgan fingerprint density at radius 1 is 0.778 bits per heavy atom. The first-order valence-corrected chi connectivity index (χ1v) is 18.9. The van der Waals surface area contributed by atoms with Crippen LogP contribution >= 0.6 is 12.2 Å². The molecule has 1 atom stereocenters. The van der Waals surface area contributed by atoms with E-state index < -0.39 is 17.7 Å². The molecule has 0 bridgehead atoms. The van der Waals surface area contributed by atoms with E-state index in [1.54, 1.807) is 57.2 Å².